The molecule has 2 aromatic rings. The minimum absolute atomic E-state index is 0.123. The molecule has 0 spiro atoms. The fourth-order valence-corrected chi connectivity index (χ4v) is 2.72. The highest BCUT2D eigenvalue weighted by atomic mass is 32.1. The minimum Gasteiger partial charge on any atom is -0.487 e. The first-order chi connectivity index (χ1) is 8.69. The predicted octanol–water partition coefficient (Wildman–Crippen LogP) is 2.35. The zero-order chi connectivity index (χ0) is 13.1. The topological polar surface area (TPSA) is 68.1 Å². The molecule has 1 N–H and O–H groups in total. The molecule has 0 saturated heterocycles. The number of carboxylic acids is 1. The number of aliphatic carboxylic acids is 1. The molecule has 1 aromatic heterocycles. The van der Waals surface area contributed by atoms with Gasteiger partial charge in [0, 0.05) is 10.8 Å². The Kier molecular flexibility index (Phi) is 3.47. The van der Waals surface area contributed by atoms with E-state index in [-0.39, 0.29) is 5.71 Å². The van der Waals surface area contributed by atoms with Crippen molar-refractivity contribution >= 4 is 33.8 Å². The maximum atomic E-state index is 11.2. The summed E-state index contributed by atoms with van der Waals surface area (Å²) in [4.78, 5) is 16.3. The second-order valence-electron chi connectivity index (χ2n) is 3.40. The van der Waals surface area contributed by atoms with Crippen molar-refractivity contribution in [3.05, 3.63) is 29.1 Å². The zero-order valence-electron chi connectivity index (χ0n) is 9.84. The fourth-order valence-electron chi connectivity index (χ4n) is 1.66. The van der Waals surface area contributed by atoms with Crippen LogP contribution in [0.3, 0.4) is 0 Å². The van der Waals surface area contributed by atoms with E-state index < -0.39 is 5.97 Å². The summed E-state index contributed by atoms with van der Waals surface area (Å²) in [6, 6.07) is 7.41. The maximum Gasteiger partial charge on any atom is 0.359 e. The summed E-state index contributed by atoms with van der Waals surface area (Å²) in [5.74, 6) is -1.13. The lowest BCUT2D eigenvalue weighted by atomic mass is 10.1. The van der Waals surface area contributed by atoms with Gasteiger partial charge in [-0.1, -0.05) is 34.7 Å². The van der Waals surface area contributed by atoms with Gasteiger partial charge in [0.15, 0.2) is 5.06 Å². The van der Waals surface area contributed by atoms with Crippen LogP contribution in [0.2, 0.25) is 0 Å². The number of fused-ring (bicyclic) bond motifs is 1. The van der Waals surface area contributed by atoms with E-state index in [4.69, 9.17) is 9.84 Å². The van der Waals surface area contributed by atoms with Crippen LogP contribution < -0.4 is 4.74 Å². The second-order valence-corrected chi connectivity index (χ2v) is 4.38. The molecule has 0 radical (unpaired) electrons. The Bertz CT molecular complexity index is 618. The van der Waals surface area contributed by atoms with Crippen molar-refractivity contribution in [3.63, 3.8) is 0 Å². The van der Waals surface area contributed by atoms with Crippen molar-refractivity contribution in [2.24, 2.45) is 5.16 Å². The molecule has 0 amide bonds. The van der Waals surface area contributed by atoms with Crippen LogP contribution in [0.1, 0.15) is 4.88 Å². The molecule has 6 heteroatoms. The largest absolute Gasteiger partial charge is 0.487 e. The number of carboxylic acid groups (broad SMARTS) is 1. The van der Waals surface area contributed by atoms with E-state index in [1.807, 2.05) is 24.3 Å². The first-order valence-electron chi connectivity index (χ1n) is 5.09. The van der Waals surface area contributed by atoms with Crippen molar-refractivity contribution in [1.29, 1.82) is 0 Å². The highest BCUT2D eigenvalue weighted by Gasteiger charge is 2.21. The van der Waals surface area contributed by atoms with E-state index in [1.54, 1.807) is 7.11 Å². The van der Waals surface area contributed by atoms with E-state index in [9.17, 15) is 4.79 Å². The van der Waals surface area contributed by atoms with Crippen LogP contribution in [-0.2, 0) is 9.63 Å². The van der Waals surface area contributed by atoms with E-state index in [1.165, 1.54) is 18.4 Å². The molecular weight excluding hydrogens is 254 g/mol. The van der Waals surface area contributed by atoms with Gasteiger partial charge in [-0.2, -0.15) is 0 Å². The van der Waals surface area contributed by atoms with Gasteiger partial charge in [-0.3, -0.25) is 0 Å². The third-order valence-corrected chi connectivity index (χ3v) is 3.56. The Hall–Kier alpha value is -2.08. The number of benzene rings is 1. The zero-order valence-corrected chi connectivity index (χ0v) is 10.7. The summed E-state index contributed by atoms with van der Waals surface area (Å²) in [5, 5.41) is 15.0. The van der Waals surface area contributed by atoms with Gasteiger partial charge in [-0.15, -0.1) is 0 Å². The van der Waals surface area contributed by atoms with Gasteiger partial charge in [0.25, 0.3) is 0 Å². The van der Waals surface area contributed by atoms with E-state index in [2.05, 4.69) is 9.99 Å². The van der Waals surface area contributed by atoms with Crippen LogP contribution >= 0.6 is 11.3 Å². The van der Waals surface area contributed by atoms with Crippen LogP contribution in [0.15, 0.2) is 29.4 Å². The first-order valence-corrected chi connectivity index (χ1v) is 5.91. The molecule has 0 atom stereocenters. The molecule has 18 heavy (non-hydrogen) atoms. The fraction of sp³-hybridized carbons (Fsp3) is 0.167. The van der Waals surface area contributed by atoms with Crippen molar-refractivity contribution in [1.82, 2.24) is 0 Å². The van der Waals surface area contributed by atoms with Gasteiger partial charge < -0.3 is 14.7 Å². The van der Waals surface area contributed by atoms with Crippen LogP contribution in [0.5, 0.6) is 5.06 Å². The smallest absolute Gasteiger partial charge is 0.359 e. The average Bonchev–Trinajstić information content (AvgIpc) is 2.74. The van der Waals surface area contributed by atoms with Gasteiger partial charge in [0.1, 0.15) is 7.11 Å². The molecule has 0 bridgehead atoms. The quantitative estimate of drug-likeness (QED) is 0.680. The van der Waals surface area contributed by atoms with Gasteiger partial charge in [-0.05, 0) is 6.07 Å². The summed E-state index contributed by atoms with van der Waals surface area (Å²) in [6.07, 6.45) is 0. The normalized spacial score (nSPS) is 11.6. The highest BCUT2D eigenvalue weighted by molar-refractivity contribution is 7.18. The van der Waals surface area contributed by atoms with E-state index in [0.717, 1.165) is 10.8 Å². The summed E-state index contributed by atoms with van der Waals surface area (Å²) in [6.45, 7) is 0. The predicted molar refractivity (Wildman–Crippen MR) is 69.6 cm³/mol. The van der Waals surface area contributed by atoms with Crippen molar-refractivity contribution in [3.8, 4) is 5.06 Å². The van der Waals surface area contributed by atoms with Crippen molar-refractivity contribution < 1.29 is 19.5 Å². The number of thiophene rings is 1. The molecule has 0 saturated carbocycles. The Labute approximate surface area is 107 Å². The number of rotatable bonds is 4. The molecule has 0 aliphatic heterocycles. The summed E-state index contributed by atoms with van der Waals surface area (Å²) in [7, 11) is 2.87. The second kappa shape index (κ2) is 5.05. The summed E-state index contributed by atoms with van der Waals surface area (Å²) >= 11 is 1.24. The highest BCUT2D eigenvalue weighted by Crippen LogP contribution is 2.37. The molecule has 2 rings (SSSR count). The Morgan fingerprint density at radius 3 is 2.50 bits per heavy atom. The number of hydrogen-bond donors (Lipinski definition) is 1. The van der Waals surface area contributed by atoms with Crippen LogP contribution in [-0.4, -0.2) is 31.0 Å². The lowest BCUT2D eigenvalue weighted by molar-refractivity contribution is -0.129. The van der Waals surface area contributed by atoms with Gasteiger partial charge in [0.05, 0.1) is 12.0 Å². The SMILES string of the molecule is CON=C(C(=O)O)c1sc(OC)c2ccccc12. The molecular formula is C12H11NO4S. The number of carbonyl (C=O) groups is 1. The van der Waals surface area contributed by atoms with E-state index in [0.29, 0.717) is 9.94 Å². The number of hydrogen-bond acceptors (Lipinski definition) is 5. The van der Waals surface area contributed by atoms with Crippen LogP contribution in [0, 0.1) is 0 Å². The molecule has 1 heterocycles. The van der Waals surface area contributed by atoms with Crippen molar-refractivity contribution in [2.75, 3.05) is 14.2 Å². The lowest BCUT2D eigenvalue weighted by Gasteiger charge is -1.97. The third-order valence-electron chi connectivity index (χ3n) is 2.37. The molecule has 0 fully saturated rings. The number of oxime groups is 1. The van der Waals surface area contributed by atoms with Crippen LogP contribution in [0.4, 0.5) is 0 Å². The standard InChI is InChI=1S/C12H11NO4S/c1-16-12-8-6-4-3-5-7(8)10(18-12)9(11(14)15)13-17-2/h3-6H,1-2H3,(H,14,15). The number of ether oxygens (including phenoxy) is 1. The molecule has 94 valence electrons. The maximum absolute atomic E-state index is 11.2. The lowest BCUT2D eigenvalue weighted by Crippen LogP contribution is -2.13. The minimum atomic E-state index is -1.13. The monoisotopic (exact) mass is 265 g/mol. The summed E-state index contributed by atoms with van der Waals surface area (Å²) in [5.41, 5.74) is -0.123. The molecule has 0 unspecified atom stereocenters. The Morgan fingerprint density at radius 1 is 1.28 bits per heavy atom. The molecule has 0 aliphatic rings. The third kappa shape index (κ3) is 2.02. The molecule has 0 aliphatic carbocycles. The Balaban J connectivity index is 2.71. The number of methoxy groups -OCH3 is 1. The summed E-state index contributed by atoms with van der Waals surface area (Å²) < 4.78 is 5.25. The van der Waals surface area contributed by atoms with Crippen molar-refractivity contribution in [2.45, 2.75) is 0 Å². The Morgan fingerprint density at radius 2 is 1.94 bits per heavy atom. The first kappa shape index (κ1) is 12.4. The van der Waals surface area contributed by atoms with Crippen LogP contribution in [0.25, 0.3) is 10.8 Å². The van der Waals surface area contributed by atoms with E-state index >= 15 is 0 Å². The van der Waals surface area contributed by atoms with Gasteiger partial charge in [-0.25, -0.2) is 4.79 Å². The molecule has 1 aromatic carbocycles. The number of nitrogens with zero attached hydrogens (tertiary/aromatic N) is 1. The van der Waals surface area contributed by atoms with Gasteiger partial charge in [0.2, 0.25) is 5.71 Å². The molecule has 5 nitrogen and oxygen atoms in total. The van der Waals surface area contributed by atoms with Gasteiger partial charge >= 0.3 is 5.97 Å². The average molecular weight is 265 g/mol.